The van der Waals surface area contributed by atoms with Gasteiger partial charge in [-0.25, -0.2) is 4.98 Å². The number of hydrogen-bond acceptors (Lipinski definition) is 5. The Morgan fingerprint density at radius 1 is 1.03 bits per heavy atom. The summed E-state index contributed by atoms with van der Waals surface area (Å²) in [5.74, 6) is 1.73. The largest absolute Gasteiger partial charge is 0.485 e. The number of hydrogen-bond donors (Lipinski definition) is 1. The third-order valence-electron chi connectivity index (χ3n) is 5.98. The Hall–Kier alpha value is -3.84. The first-order chi connectivity index (χ1) is 17.0. The van der Waals surface area contributed by atoms with Crippen LogP contribution in [-0.2, 0) is 13.7 Å². The van der Waals surface area contributed by atoms with E-state index in [4.69, 9.17) is 4.74 Å². The van der Waals surface area contributed by atoms with Gasteiger partial charge in [0.15, 0.2) is 11.6 Å². The van der Waals surface area contributed by atoms with Crippen LogP contribution >= 0.6 is 11.8 Å². The second-order valence-corrected chi connectivity index (χ2v) is 9.44. The molecular formula is C28H26N4O2S. The number of para-hydroxylation sites is 1. The molecule has 0 fully saturated rings. The number of thioether (sulfide) groups is 1. The standard InChI is InChI=1S/C28H26N4O2S/c1-18-13-14-19(2)24(15-18)34-16-25-29-28(31-30-25)35-17-23(33)26-21-11-7-8-12-22(21)32(3)27(26)20-9-5-4-6-10-20/h4-15H,16-17H2,1-3H3,(H,29,30,31). The lowest BCUT2D eigenvalue weighted by atomic mass is 10.0. The molecule has 0 aliphatic rings. The van der Waals surface area contributed by atoms with Crippen LogP contribution in [0.15, 0.2) is 78.0 Å². The highest BCUT2D eigenvalue weighted by Crippen LogP contribution is 2.34. The maximum atomic E-state index is 13.5. The molecule has 0 atom stereocenters. The summed E-state index contributed by atoms with van der Waals surface area (Å²) in [6.45, 7) is 4.33. The zero-order valence-corrected chi connectivity index (χ0v) is 20.7. The number of aromatic amines is 1. The topological polar surface area (TPSA) is 72.8 Å². The summed E-state index contributed by atoms with van der Waals surface area (Å²) in [7, 11) is 2.01. The van der Waals surface area contributed by atoms with Crippen LogP contribution in [0.1, 0.15) is 27.3 Å². The van der Waals surface area contributed by atoms with Gasteiger partial charge >= 0.3 is 0 Å². The van der Waals surface area contributed by atoms with Gasteiger partial charge in [0.25, 0.3) is 0 Å². The Kier molecular flexibility index (Phi) is 6.42. The van der Waals surface area contributed by atoms with Crippen molar-refractivity contribution >= 4 is 28.4 Å². The van der Waals surface area contributed by atoms with Crippen molar-refractivity contribution in [2.45, 2.75) is 25.6 Å². The summed E-state index contributed by atoms with van der Waals surface area (Å²) in [5, 5.41) is 8.68. The highest BCUT2D eigenvalue weighted by atomic mass is 32.2. The van der Waals surface area contributed by atoms with Crippen molar-refractivity contribution in [2.75, 3.05) is 5.75 Å². The molecule has 0 saturated carbocycles. The summed E-state index contributed by atoms with van der Waals surface area (Å²) in [5.41, 5.74) is 5.92. The smallest absolute Gasteiger partial charge is 0.208 e. The third-order valence-corrected chi connectivity index (χ3v) is 6.83. The van der Waals surface area contributed by atoms with Crippen LogP contribution in [-0.4, -0.2) is 31.3 Å². The van der Waals surface area contributed by atoms with Crippen molar-refractivity contribution < 1.29 is 9.53 Å². The van der Waals surface area contributed by atoms with Crippen molar-refractivity contribution in [2.24, 2.45) is 7.05 Å². The van der Waals surface area contributed by atoms with E-state index in [1.807, 2.05) is 87.6 Å². The maximum Gasteiger partial charge on any atom is 0.208 e. The maximum absolute atomic E-state index is 13.5. The lowest BCUT2D eigenvalue weighted by Gasteiger charge is -2.08. The Labute approximate surface area is 208 Å². The molecule has 2 aromatic heterocycles. The minimum Gasteiger partial charge on any atom is -0.485 e. The summed E-state index contributed by atoms with van der Waals surface area (Å²) in [6, 6.07) is 24.2. The predicted octanol–water partition coefficient (Wildman–Crippen LogP) is 6.13. The number of H-pyrrole nitrogens is 1. The van der Waals surface area contributed by atoms with Gasteiger partial charge in [0.05, 0.1) is 17.0 Å². The summed E-state index contributed by atoms with van der Waals surface area (Å²) in [6.07, 6.45) is 0. The van der Waals surface area contributed by atoms with Crippen LogP contribution in [0.5, 0.6) is 5.75 Å². The average molecular weight is 483 g/mol. The number of carbonyl (C=O) groups is 1. The number of nitrogens with one attached hydrogen (secondary N) is 1. The fourth-order valence-corrected chi connectivity index (χ4v) is 4.92. The number of Topliss-reactive ketones (excluding diaryl/α,β-unsaturated/α-hetero) is 1. The first-order valence-electron chi connectivity index (χ1n) is 11.4. The van der Waals surface area contributed by atoms with Crippen molar-refractivity contribution in [1.82, 2.24) is 19.7 Å². The fourth-order valence-electron chi connectivity index (χ4n) is 4.23. The number of aromatic nitrogens is 4. The van der Waals surface area contributed by atoms with E-state index in [9.17, 15) is 4.79 Å². The van der Waals surface area contributed by atoms with Crippen LogP contribution in [0.3, 0.4) is 0 Å². The van der Waals surface area contributed by atoms with Crippen LogP contribution in [0, 0.1) is 13.8 Å². The van der Waals surface area contributed by atoms with Crippen LogP contribution in [0.2, 0.25) is 0 Å². The lowest BCUT2D eigenvalue weighted by molar-refractivity contribution is 0.102. The van der Waals surface area contributed by atoms with E-state index in [0.717, 1.165) is 44.6 Å². The highest BCUT2D eigenvalue weighted by molar-refractivity contribution is 7.99. The van der Waals surface area contributed by atoms with Gasteiger partial charge in [0.2, 0.25) is 5.16 Å². The van der Waals surface area contributed by atoms with E-state index >= 15 is 0 Å². The normalized spacial score (nSPS) is 11.2. The van der Waals surface area contributed by atoms with Gasteiger partial charge in [-0.2, -0.15) is 0 Å². The molecule has 1 N–H and O–H groups in total. The molecule has 6 nitrogen and oxygen atoms in total. The quantitative estimate of drug-likeness (QED) is 0.213. The van der Waals surface area contributed by atoms with Crippen molar-refractivity contribution in [3.8, 4) is 17.0 Å². The second kappa shape index (κ2) is 9.80. The minimum absolute atomic E-state index is 0.0450. The number of ketones is 1. The highest BCUT2D eigenvalue weighted by Gasteiger charge is 2.22. The molecule has 3 aromatic carbocycles. The number of ether oxygens (including phenoxy) is 1. The zero-order chi connectivity index (χ0) is 24.4. The molecule has 0 aliphatic heterocycles. The molecule has 35 heavy (non-hydrogen) atoms. The van der Waals surface area contributed by atoms with Gasteiger partial charge in [0.1, 0.15) is 12.4 Å². The molecular weight excluding hydrogens is 456 g/mol. The molecule has 7 heteroatoms. The third kappa shape index (κ3) is 4.72. The second-order valence-electron chi connectivity index (χ2n) is 8.50. The first kappa shape index (κ1) is 22.9. The molecule has 0 amide bonds. The zero-order valence-electron chi connectivity index (χ0n) is 19.9. The first-order valence-corrected chi connectivity index (χ1v) is 12.4. The SMILES string of the molecule is Cc1ccc(C)c(OCc2nc(SCC(=O)c3c(-c4ccccc4)n(C)c4ccccc34)n[nH]2)c1. The molecule has 0 saturated heterocycles. The van der Waals surface area contributed by atoms with E-state index in [0.29, 0.717) is 11.0 Å². The average Bonchev–Trinajstić information content (AvgIpc) is 3.46. The van der Waals surface area contributed by atoms with Crippen LogP contribution < -0.4 is 4.74 Å². The molecule has 0 aliphatic carbocycles. The fraction of sp³-hybridized carbons (Fsp3) is 0.179. The van der Waals surface area contributed by atoms with Gasteiger partial charge in [-0.1, -0.05) is 72.4 Å². The van der Waals surface area contributed by atoms with E-state index in [-0.39, 0.29) is 18.1 Å². The summed E-state index contributed by atoms with van der Waals surface area (Å²) in [4.78, 5) is 18.0. The molecule has 2 heterocycles. The molecule has 5 aromatic rings. The van der Waals surface area contributed by atoms with Gasteiger partial charge in [-0.05, 0) is 42.7 Å². The van der Waals surface area contributed by atoms with Gasteiger partial charge in [0, 0.05) is 18.0 Å². The van der Waals surface area contributed by atoms with E-state index in [1.54, 1.807) is 0 Å². The van der Waals surface area contributed by atoms with E-state index in [2.05, 4.69) is 25.8 Å². The van der Waals surface area contributed by atoms with Crippen molar-refractivity contribution in [3.05, 3.63) is 95.3 Å². The number of fused-ring (bicyclic) bond motifs is 1. The van der Waals surface area contributed by atoms with Crippen molar-refractivity contribution in [1.29, 1.82) is 0 Å². The van der Waals surface area contributed by atoms with Gasteiger partial charge < -0.3 is 9.30 Å². The number of aryl methyl sites for hydroxylation is 3. The molecule has 0 unspecified atom stereocenters. The molecule has 0 spiro atoms. The van der Waals surface area contributed by atoms with Crippen molar-refractivity contribution in [3.63, 3.8) is 0 Å². The number of rotatable bonds is 8. The van der Waals surface area contributed by atoms with Crippen LogP contribution in [0.25, 0.3) is 22.2 Å². The summed E-state index contributed by atoms with van der Waals surface area (Å²) >= 11 is 1.33. The van der Waals surface area contributed by atoms with E-state index in [1.165, 1.54) is 11.8 Å². The predicted molar refractivity (Wildman–Crippen MR) is 140 cm³/mol. The Balaban J connectivity index is 1.33. The number of benzene rings is 3. The van der Waals surface area contributed by atoms with Gasteiger partial charge in [-0.3, -0.25) is 9.89 Å². The van der Waals surface area contributed by atoms with Gasteiger partial charge in [-0.15, -0.1) is 5.10 Å². The van der Waals surface area contributed by atoms with Crippen LogP contribution in [0.4, 0.5) is 0 Å². The minimum atomic E-state index is 0.0450. The molecule has 5 rings (SSSR count). The number of nitrogens with zero attached hydrogens (tertiary/aromatic N) is 3. The number of carbonyl (C=O) groups excluding carboxylic acids is 1. The molecule has 176 valence electrons. The lowest BCUT2D eigenvalue weighted by Crippen LogP contribution is -2.05. The molecule has 0 radical (unpaired) electrons. The summed E-state index contributed by atoms with van der Waals surface area (Å²) < 4.78 is 8.01. The monoisotopic (exact) mass is 482 g/mol. The van der Waals surface area contributed by atoms with E-state index < -0.39 is 0 Å². The molecule has 0 bridgehead atoms. The Morgan fingerprint density at radius 2 is 1.80 bits per heavy atom. The Morgan fingerprint density at radius 3 is 2.63 bits per heavy atom. The Bertz CT molecular complexity index is 1500.